The molecule has 3 heterocycles. The van der Waals surface area contributed by atoms with Gasteiger partial charge < -0.3 is 24.4 Å². The van der Waals surface area contributed by atoms with Gasteiger partial charge in [0.2, 0.25) is 5.91 Å². The molecule has 1 N–H and O–H groups in total. The third kappa shape index (κ3) is 6.13. The van der Waals surface area contributed by atoms with Gasteiger partial charge in [-0.25, -0.2) is 0 Å². The zero-order valence-corrected chi connectivity index (χ0v) is 21.7. The van der Waals surface area contributed by atoms with Gasteiger partial charge in [0, 0.05) is 68.2 Å². The molecular weight excluding hydrogens is 480 g/mol. The molecule has 0 aliphatic carbocycles. The molecule has 2 aromatic heterocycles. The maximum Gasteiger partial charge on any atom is 0.264 e. The Balaban J connectivity index is 1.64. The summed E-state index contributed by atoms with van der Waals surface area (Å²) in [5.74, 6) is 1.18. The number of methoxy groups -OCH3 is 2. The van der Waals surface area contributed by atoms with Crippen LogP contribution in [0.5, 0.6) is 11.5 Å². The first kappa shape index (κ1) is 25.9. The molecule has 3 aromatic rings. The Morgan fingerprint density at radius 3 is 2.58 bits per heavy atom. The van der Waals surface area contributed by atoms with Crippen molar-refractivity contribution in [2.45, 2.75) is 6.42 Å². The quantitative estimate of drug-likeness (QED) is 0.447. The summed E-state index contributed by atoms with van der Waals surface area (Å²) in [7, 11) is 4.84. The van der Waals surface area contributed by atoms with E-state index in [4.69, 9.17) is 14.2 Å². The molecule has 10 heteroatoms. The number of fused-ring (bicyclic) bond motifs is 1. The summed E-state index contributed by atoms with van der Waals surface area (Å²) in [6.45, 7) is 4.73. The number of amides is 2. The molecule has 0 atom stereocenters. The first-order valence-electron chi connectivity index (χ1n) is 11.9. The number of ether oxygens (including phenoxy) is 3. The zero-order valence-electron chi connectivity index (χ0n) is 20.9. The average molecular weight is 513 g/mol. The third-order valence-electron chi connectivity index (χ3n) is 6.26. The highest BCUT2D eigenvalue weighted by Crippen LogP contribution is 2.39. The van der Waals surface area contributed by atoms with Crippen molar-refractivity contribution < 1.29 is 23.8 Å². The van der Waals surface area contributed by atoms with Gasteiger partial charge in [-0.1, -0.05) is 0 Å². The van der Waals surface area contributed by atoms with E-state index in [0.29, 0.717) is 42.7 Å². The number of benzene rings is 1. The van der Waals surface area contributed by atoms with Crippen LogP contribution < -0.4 is 14.8 Å². The van der Waals surface area contributed by atoms with Crippen molar-refractivity contribution >= 4 is 33.2 Å². The number of carbonyl (C=O) groups excluding carboxylic acids is 2. The molecule has 36 heavy (non-hydrogen) atoms. The minimum Gasteiger partial charge on any atom is -0.497 e. The van der Waals surface area contributed by atoms with Gasteiger partial charge in [-0.3, -0.25) is 19.5 Å². The van der Waals surface area contributed by atoms with Gasteiger partial charge >= 0.3 is 0 Å². The Morgan fingerprint density at radius 2 is 1.86 bits per heavy atom. The van der Waals surface area contributed by atoms with Crippen molar-refractivity contribution in [3.05, 3.63) is 41.5 Å². The monoisotopic (exact) mass is 512 g/mol. The van der Waals surface area contributed by atoms with Crippen molar-refractivity contribution in [3.8, 4) is 22.6 Å². The molecule has 0 spiro atoms. The average Bonchev–Trinajstić information content (AvgIpc) is 3.36. The fraction of sp³-hybridized carbons (Fsp3) is 0.423. The summed E-state index contributed by atoms with van der Waals surface area (Å²) in [4.78, 5) is 34.6. The molecule has 1 aliphatic rings. The summed E-state index contributed by atoms with van der Waals surface area (Å²) in [6, 6.07) is 7.71. The minimum absolute atomic E-state index is 0.0814. The predicted octanol–water partition coefficient (Wildman–Crippen LogP) is 2.89. The second kappa shape index (κ2) is 12.2. The van der Waals surface area contributed by atoms with Gasteiger partial charge in [0.1, 0.15) is 11.5 Å². The van der Waals surface area contributed by atoms with Crippen molar-refractivity contribution in [3.63, 3.8) is 0 Å². The number of nitrogens with one attached hydrogen (secondary N) is 1. The van der Waals surface area contributed by atoms with Crippen LogP contribution >= 0.6 is 11.3 Å². The van der Waals surface area contributed by atoms with Crippen LogP contribution in [0.3, 0.4) is 0 Å². The normalized spacial score (nSPS) is 14.0. The summed E-state index contributed by atoms with van der Waals surface area (Å²) in [5, 5.41) is 3.56. The van der Waals surface area contributed by atoms with E-state index in [-0.39, 0.29) is 18.2 Å². The zero-order chi connectivity index (χ0) is 25.5. The molecular formula is C26H32N4O5S. The summed E-state index contributed by atoms with van der Waals surface area (Å²) < 4.78 is 17.3. The number of nitrogens with zero attached hydrogens (tertiary/aromatic N) is 3. The largest absolute Gasteiger partial charge is 0.497 e. The first-order valence-corrected chi connectivity index (χ1v) is 12.7. The lowest BCUT2D eigenvalue weighted by Crippen LogP contribution is -2.43. The summed E-state index contributed by atoms with van der Waals surface area (Å²) >= 11 is 1.44. The Hall–Kier alpha value is -3.21. The number of morpholine rings is 1. The van der Waals surface area contributed by atoms with Crippen molar-refractivity contribution in [1.29, 1.82) is 0 Å². The van der Waals surface area contributed by atoms with Crippen LogP contribution in [0.4, 0.5) is 0 Å². The molecule has 0 radical (unpaired) electrons. The second-order valence-electron chi connectivity index (χ2n) is 8.49. The Bertz CT molecular complexity index is 1210. The smallest absolute Gasteiger partial charge is 0.264 e. The summed E-state index contributed by atoms with van der Waals surface area (Å²) in [6.07, 6.45) is 3.68. The molecule has 1 aliphatic heterocycles. The number of hydrogen-bond donors (Lipinski definition) is 1. The van der Waals surface area contributed by atoms with Gasteiger partial charge in [-0.05, 0) is 29.7 Å². The molecule has 4 rings (SSSR count). The van der Waals surface area contributed by atoms with Gasteiger partial charge in [-0.2, -0.15) is 0 Å². The maximum atomic E-state index is 13.7. The first-order chi connectivity index (χ1) is 17.5. The molecule has 0 bridgehead atoms. The number of aromatic nitrogens is 1. The number of carbonyl (C=O) groups is 2. The number of pyridine rings is 1. The molecule has 2 amide bonds. The Kier molecular flexibility index (Phi) is 8.74. The molecule has 0 saturated carbocycles. The van der Waals surface area contributed by atoms with E-state index in [2.05, 4.69) is 15.2 Å². The van der Waals surface area contributed by atoms with Gasteiger partial charge in [-0.15, -0.1) is 11.3 Å². The van der Waals surface area contributed by atoms with Gasteiger partial charge in [0.15, 0.2) is 0 Å². The van der Waals surface area contributed by atoms with Crippen LogP contribution in [0, 0.1) is 0 Å². The SMILES string of the molecule is CNC(=O)CCN(CCN1CCOCC1)C(=O)c1cc2cc(OC)cc(-c3cncc(OC)c3)c2s1. The second-order valence-corrected chi connectivity index (χ2v) is 9.54. The van der Waals surface area contributed by atoms with E-state index in [1.165, 1.54) is 11.3 Å². The molecule has 9 nitrogen and oxygen atoms in total. The predicted molar refractivity (Wildman–Crippen MR) is 140 cm³/mol. The van der Waals surface area contributed by atoms with E-state index in [1.54, 1.807) is 38.6 Å². The highest BCUT2D eigenvalue weighted by atomic mass is 32.1. The van der Waals surface area contributed by atoms with E-state index < -0.39 is 0 Å². The van der Waals surface area contributed by atoms with Gasteiger partial charge in [0.05, 0.1) is 38.5 Å². The van der Waals surface area contributed by atoms with Crippen molar-refractivity contribution in [1.82, 2.24) is 20.1 Å². The molecule has 1 saturated heterocycles. The van der Waals surface area contributed by atoms with E-state index in [1.807, 2.05) is 24.3 Å². The Labute approximate surface area is 215 Å². The highest BCUT2D eigenvalue weighted by molar-refractivity contribution is 7.21. The van der Waals surface area contributed by atoms with Crippen molar-refractivity contribution in [2.75, 3.05) is 67.2 Å². The molecule has 192 valence electrons. The van der Waals surface area contributed by atoms with E-state index >= 15 is 0 Å². The Morgan fingerprint density at radius 1 is 1.08 bits per heavy atom. The summed E-state index contributed by atoms with van der Waals surface area (Å²) in [5.41, 5.74) is 1.80. The number of thiophene rings is 1. The topological polar surface area (TPSA) is 93.2 Å². The molecule has 0 unspecified atom stereocenters. The lowest BCUT2D eigenvalue weighted by atomic mass is 10.0. The van der Waals surface area contributed by atoms with Crippen LogP contribution in [-0.4, -0.2) is 93.8 Å². The molecule has 1 aromatic carbocycles. The van der Waals surface area contributed by atoms with E-state index in [9.17, 15) is 9.59 Å². The van der Waals surface area contributed by atoms with Crippen LogP contribution in [0.15, 0.2) is 36.7 Å². The van der Waals surface area contributed by atoms with Crippen LogP contribution in [-0.2, 0) is 9.53 Å². The fourth-order valence-electron chi connectivity index (χ4n) is 4.16. The third-order valence-corrected chi connectivity index (χ3v) is 7.43. The van der Waals surface area contributed by atoms with E-state index in [0.717, 1.165) is 40.8 Å². The minimum atomic E-state index is -0.0898. The van der Waals surface area contributed by atoms with Crippen LogP contribution in [0.25, 0.3) is 21.2 Å². The fourth-order valence-corrected chi connectivity index (χ4v) is 5.30. The van der Waals surface area contributed by atoms with Crippen LogP contribution in [0.1, 0.15) is 16.1 Å². The lowest BCUT2D eigenvalue weighted by molar-refractivity contribution is -0.120. The maximum absolute atomic E-state index is 13.7. The lowest BCUT2D eigenvalue weighted by Gasteiger charge is -2.30. The molecule has 1 fully saturated rings. The van der Waals surface area contributed by atoms with Crippen molar-refractivity contribution in [2.24, 2.45) is 0 Å². The van der Waals surface area contributed by atoms with Crippen LogP contribution in [0.2, 0.25) is 0 Å². The number of hydrogen-bond acceptors (Lipinski definition) is 8. The highest BCUT2D eigenvalue weighted by Gasteiger charge is 2.22. The standard InChI is InChI=1S/C26H32N4O5S/c1-27-24(31)4-5-30(7-6-29-8-10-35-11-9-29)26(32)23-14-18-12-20(33-2)15-22(25(18)36-23)19-13-21(34-3)17-28-16-19/h12-17H,4-11H2,1-3H3,(H,27,31). The number of rotatable bonds is 10. The van der Waals surface area contributed by atoms with Gasteiger partial charge in [0.25, 0.3) is 5.91 Å².